The minimum absolute atomic E-state index is 0.595. The fourth-order valence-corrected chi connectivity index (χ4v) is 2.22. The van der Waals surface area contributed by atoms with Crippen LogP contribution in [0.25, 0.3) is 0 Å². The van der Waals surface area contributed by atoms with Crippen LogP contribution in [0.5, 0.6) is 11.5 Å². The Kier molecular flexibility index (Phi) is 5.59. The maximum atomic E-state index is 6.32. The number of aryl methyl sites for hydroxylation is 1. The second kappa shape index (κ2) is 7.43. The van der Waals surface area contributed by atoms with E-state index in [0.29, 0.717) is 17.5 Å². The summed E-state index contributed by atoms with van der Waals surface area (Å²) in [6.07, 6.45) is 1.76. The number of benzene rings is 1. The zero-order valence-electron chi connectivity index (χ0n) is 12.7. The van der Waals surface area contributed by atoms with Crippen LogP contribution >= 0.6 is 11.6 Å². The van der Waals surface area contributed by atoms with Gasteiger partial charge in [0.1, 0.15) is 11.5 Å². The van der Waals surface area contributed by atoms with Gasteiger partial charge >= 0.3 is 0 Å². The lowest BCUT2D eigenvalue weighted by Crippen LogP contribution is -2.19. The van der Waals surface area contributed by atoms with Crippen LogP contribution in [0.15, 0.2) is 36.5 Å². The molecule has 0 amide bonds. The van der Waals surface area contributed by atoms with E-state index in [1.165, 1.54) is 0 Å². The fourth-order valence-electron chi connectivity index (χ4n) is 1.99. The van der Waals surface area contributed by atoms with Crippen molar-refractivity contribution >= 4 is 11.6 Å². The topological polar surface area (TPSA) is 34.1 Å². The van der Waals surface area contributed by atoms with Gasteiger partial charge in [-0.2, -0.15) is 0 Å². The molecule has 0 aliphatic carbocycles. The molecule has 21 heavy (non-hydrogen) atoms. The number of nitrogens with one attached hydrogen (secondary N) is 1. The first-order valence-electron chi connectivity index (χ1n) is 7.15. The van der Waals surface area contributed by atoms with E-state index in [1.54, 1.807) is 6.20 Å². The molecule has 0 saturated heterocycles. The van der Waals surface area contributed by atoms with Gasteiger partial charge in [0.2, 0.25) is 0 Å². The Bertz CT molecular complexity index is 599. The summed E-state index contributed by atoms with van der Waals surface area (Å²) in [6, 6.07) is 9.50. The molecule has 1 aromatic carbocycles. The molecule has 0 bridgehead atoms. The second-order valence-corrected chi connectivity index (χ2v) is 5.84. The van der Waals surface area contributed by atoms with Crippen molar-refractivity contribution in [2.24, 2.45) is 5.92 Å². The zero-order chi connectivity index (χ0) is 15.2. The average Bonchev–Trinajstić information content (AvgIpc) is 2.44. The molecule has 4 heteroatoms. The lowest BCUT2D eigenvalue weighted by atomic mass is 10.1. The van der Waals surface area contributed by atoms with E-state index in [9.17, 15) is 0 Å². The van der Waals surface area contributed by atoms with Crippen molar-refractivity contribution in [1.29, 1.82) is 0 Å². The molecule has 0 fully saturated rings. The van der Waals surface area contributed by atoms with Crippen molar-refractivity contribution in [3.05, 3.63) is 52.8 Å². The van der Waals surface area contributed by atoms with Gasteiger partial charge in [0, 0.05) is 23.3 Å². The smallest absolute Gasteiger partial charge is 0.148 e. The number of hydrogen-bond donors (Lipinski definition) is 1. The summed E-state index contributed by atoms with van der Waals surface area (Å²) in [7, 11) is 0. The Balaban J connectivity index is 2.19. The van der Waals surface area contributed by atoms with Gasteiger partial charge < -0.3 is 10.1 Å². The Morgan fingerprint density at radius 3 is 2.67 bits per heavy atom. The van der Waals surface area contributed by atoms with Crippen LogP contribution in [-0.4, -0.2) is 11.5 Å². The summed E-state index contributed by atoms with van der Waals surface area (Å²) in [5, 5.41) is 4.12. The molecular formula is C17H21ClN2O. The van der Waals surface area contributed by atoms with E-state index in [-0.39, 0.29) is 0 Å². The van der Waals surface area contributed by atoms with Crippen LogP contribution in [0.1, 0.15) is 25.1 Å². The maximum Gasteiger partial charge on any atom is 0.148 e. The largest absolute Gasteiger partial charge is 0.455 e. The van der Waals surface area contributed by atoms with Crippen molar-refractivity contribution in [1.82, 2.24) is 10.3 Å². The van der Waals surface area contributed by atoms with E-state index < -0.39 is 0 Å². The SMILES string of the molecule is Cc1ncccc1Oc1cccc(Cl)c1CNCC(C)C. The van der Waals surface area contributed by atoms with E-state index in [4.69, 9.17) is 16.3 Å². The highest BCUT2D eigenvalue weighted by atomic mass is 35.5. The number of ether oxygens (including phenoxy) is 1. The van der Waals surface area contributed by atoms with Gasteiger partial charge in [-0.25, -0.2) is 0 Å². The molecule has 1 N–H and O–H groups in total. The summed E-state index contributed by atoms with van der Waals surface area (Å²) in [5.41, 5.74) is 1.83. The minimum Gasteiger partial charge on any atom is -0.455 e. The molecule has 2 rings (SSSR count). The van der Waals surface area contributed by atoms with Crippen LogP contribution in [0.4, 0.5) is 0 Å². The number of hydrogen-bond acceptors (Lipinski definition) is 3. The van der Waals surface area contributed by atoms with E-state index in [2.05, 4.69) is 24.1 Å². The number of halogens is 1. The fraction of sp³-hybridized carbons (Fsp3) is 0.353. The van der Waals surface area contributed by atoms with Crippen molar-refractivity contribution in [3.63, 3.8) is 0 Å². The van der Waals surface area contributed by atoms with Gasteiger partial charge in [-0.15, -0.1) is 0 Å². The predicted octanol–water partition coefficient (Wildman–Crippen LogP) is 4.58. The van der Waals surface area contributed by atoms with Crippen molar-refractivity contribution in [3.8, 4) is 11.5 Å². The first kappa shape index (κ1) is 15.8. The number of rotatable bonds is 6. The molecule has 0 saturated carbocycles. The van der Waals surface area contributed by atoms with E-state index in [1.807, 2.05) is 37.3 Å². The van der Waals surface area contributed by atoms with Crippen molar-refractivity contribution in [2.45, 2.75) is 27.3 Å². The Morgan fingerprint density at radius 1 is 1.19 bits per heavy atom. The van der Waals surface area contributed by atoms with E-state index in [0.717, 1.165) is 29.3 Å². The first-order valence-corrected chi connectivity index (χ1v) is 7.53. The number of pyridine rings is 1. The molecule has 0 radical (unpaired) electrons. The first-order chi connectivity index (χ1) is 10.1. The van der Waals surface area contributed by atoms with Gasteiger partial charge in [-0.05, 0) is 43.7 Å². The molecule has 0 aliphatic rings. The van der Waals surface area contributed by atoms with Crippen LogP contribution < -0.4 is 10.1 Å². The molecule has 0 spiro atoms. The lowest BCUT2D eigenvalue weighted by Gasteiger charge is -2.15. The van der Waals surface area contributed by atoms with Gasteiger partial charge in [-0.3, -0.25) is 4.98 Å². The summed E-state index contributed by atoms with van der Waals surface area (Å²) >= 11 is 6.32. The molecule has 1 heterocycles. The highest BCUT2D eigenvalue weighted by Gasteiger charge is 2.10. The van der Waals surface area contributed by atoms with Crippen molar-refractivity contribution < 1.29 is 4.74 Å². The third-order valence-electron chi connectivity index (χ3n) is 3.11. The quantitative estimate of drug-likeness (QED) is 0.848. The highest BCUT2D eigenvalue weighted by molar-refractivity contribution is 6.31. The van der Waals surface area contributed by atoms with Crippen LogP contribution in [0.2, 0.25) is 5.02 Å². The van der Waals surface area contributed by atoms with Gasteiger partial charge in [-0.1, -0.05) is 31.5 Å². The lowest BCUT2D eigenvalue weighted by molar-refractivity contribution is 0.463. The molecule has 0 unspecified atom stereocenters. The zero-order valence-corrected chi connectivity index (χ0v) is 13.4. The Labute approximate surface area is 131 Å². The van der Waals surface area contributed by atoms with Gasteiger partial charge in [0.25, 0.3) is 0 Å². The number of nitrogens with zero attached hydrogens (tertiary/aromatic N) is 1. The third kappa shape index (κ3) is 4.45. The highest BCUT2D eigenvalue weighted by Crippen LogP contribution is 2.31. The maximum absolute atomic E-state index is 6.32. The van der Waals surface area contributed by atoms with Crippen molar-refractivity contribution in [2.75, 3.05) is 6.54 Å². The summed E-state index contributed by atoms with van der Waals surface area (Å²) in [4.78, 5) is 4.24. The molecular weight excluding hydrogens is 284 g/mol. The normalized spacial score (nSPS) is 10.9. The Morgan fingerprint density at radius 2 is 1.95 bits per heavy atom. The summed E-state index contributed by atoms with van der Waals surface area (Å²) < 4.78 is 5.99. The summed E-state index contributed by atoms with van der Waals surface area (Å²) in [6.45, 7) is 7.91. The molecule has 0 atom stereocenters. The van der Waals surface area contributed by atoms with Gasteiger partial charge in [0.05, 0.1) is 5.69 Å². The van der Waals surface area contributed by atoms with Crippen LogP contribution in [-0.2, 0) is 6.54 Å². The molecule has 3 nitrogen and oxygen atoms in total. The molecule has 0 aliphatic heterocycles. The standard InChI is InChI=1S/C17H21ClN2O/c1-12(2)10-19-11-14-15(18)6-4-7-17(14)21-16-8-5-9-20-13(16)3/h4-9,12,19H,10-11H2,1-3H3. The minimum atomic E-state index is 0.595. The van der Waals surface area contributed by atoms with Crippen LogP contribution in [0, 0.1) is 12.8 Å². The molecule has 1 aromatic heterocycles. The second-order valence-electron chi connectivity index (χ2n) is 5.43. The number of aromatic nitrogens is 1. The van der Waals surface area contributed by atoms with E-state index >= 15 is 0 Å². The third-order valence-corrected chi connectivity index (χ3v) is 3.46. The molecule has 112 valence electrons. The monoisotopic (exact) mass is 304 g/mol. The van der Waals surface area contributed by atoms with Crippen LogP contribution in [0.3, 0.4) is 0 Å². The summed E-state index contributed by atoms with van der Waals surface area (Å²) in [5.74, 6) is 2.12. The van der Waals surface area contributed by atoms with Gasteiger partial charge in [0.15, 0.2) is 0 Å². The Hall–Kier alpha value is -1.58. The average molecular weight is 305 g/mol. The molecule has 2 aromatic rings. The predicted molar refractivity (Wildman–Crippen MR) is 87.0 cm³/mol.